The molecular weight excluding hydrogens is 404 g/mol. The van der Waals surface area contributed by atoms with Crippen molar-refractivity contribution in [2.45, 2.75) is 39.7 Å². The van der Waals surface area contributed by atoms with Gasteiger partial charge in [0.25, 0.3) is 0 Å². The van der Waals surface area contributed by atoms with Gasteiger partial charge in [-0.3, -0.25) is 0 Å². The molecule has 6 heteroatoms. The van der Waals surface area contributed by atoms with Crippen molar-refractivity contribution < 1.29 is 19.0 Å². The second kappa shape index (κ2) is 10.7. The minimum atomic E-state index is -1.01. The third kappa shape index (κ3) is 5.78. The Labute approximate surface area is 189 Å². The van der Waals surface area contributed by atoms with Gasteiger partial charge in [0.05, 0.1) is 12.9 Å². The maximum Gasteiger partial charge on any atom is 0.350 e. The van der Waals surface area contributed by atoms with Gasteiger partial charge in [-0.1, -0.05) is 19.1 Å². The molecule has 1 atom stereocenters. The number of nitrogens with zero attached hydrogens (tertiary/aromatic N) is 2. The summed E-state index contributed by atoms with van der Waals surface area (Å²) in [6.07, 6.45) is 8.02. The van der Waals surface area contributed by atoms with Crippen molar-refractivity contribution in [3.8, 4) is 17.2 Å². The zero-order valence-electron chi connectivity index (χ0n) is 19.1. The number of carbonyl (C=O) groups is 1. The summed E-state index contributed by atoms with van der Waals surface area (Å²) in [5, 5.41) is 0. The van der Waals surface area contributed by atoms with E-state index in [0.717, 1.165) is 22.6 Å². The van der Waals surface area contributed by atoms with E-state index in [1.165, 1.54) is 0 Å². The lowest BCUT2D eigenvalue weighted by molar-refractivity contribution is -0.160. The molecule has 3 aromatic rings. The number of esters is 1. The summed E-state index contributed by atoms with van der Waals surface area (Å²) in [4.78, 5) is 16.3. The topological polar surface area (TPSA) is 62.6 Å². The van der Waals surface area contributed by atoms with E-state index in [0.29, 0.717) is 25.4 Å². The van der Waals surface area contributed by atoms with Crippen LogP contribution in [-0.4, -0.2) is 34.3 Å². The van der Waals surface area contributed by atoms with Crippen molar-refractivity contribution in [3.63, 3.8) is 0 Å². The van der Waals surface area contributed by atoms with Gasteiger partial charge in [0.15, 0.2) is 0 Å². The average molecular weight is 435 g/mol. The first-order valence-electron chi connectivity index (χ1n) is 10.8. The first-order chi connectivity index (χ1) is 15.4. The van der Waals surface area contributed by atoms with Crippen LogP contribution in [0.1, 0.15) is 39.7 Å². The Morgan fingerprint density at radius 1 is 1.06 bits per heavy atom. The van der Waals surface area contributed by atoms with Crippen molar-refractivity contribution >= 4 is 11.5 Å². The van der Waals surface area contributed by atoms with Crippen molar-refractivity contribution in [1.82, 2.24) is 9.55 Å². The monoisotopic (exact) mass is 434 g/mol. The Kier molecular flexibility index (Phi) is 7.71. The first kappa shape index (κ1) is 23.1. The Morgan fingerprint density at radius 3 is 2.34 bits per heavy atom. The molecule has 0 aliphatic carbocycles. The Bertz CT molecular complexity index is 1020. The van der Waals surface area contributed by atoms with E-state index in [9.17, 15) is 4.79 Å². The lowest BCUT2D eigenvalue weighted by Crippen LogP contribution is -2.42. The van der Waals surface area contributed by atoms with E-state index in [1.807, 2.05) is 35.9 Å². The Morgan fingerprint density at radius 2 is 1.75 bits per heavy atom. The van der Waals surface area contributed by atoms with Gasteiger partial charge in [-0.2, -0.15) is 0 Å². The Hall–Kier alpha value is -3.54. The second-order valence-corrected chi connectivity index (χ2v) is 7.59. The van der Waals surface area contributed by atoms with Crippen molar-refractivity contribution in [2.75, 3.05) is 13.2 Å². The fourth-order valence-corrected chi connectivity index (χ4v) is 3.09. The molecule has 6 nitrogen and oxygen atoms in total. The molecule has 0 fully saturated rings. The lowest BCUT2D eigenvalue weighted by Gasteiger charge is -2.27. The lowest BCUT2D eigenvalue weighted by atomic mass is 10.0. The molecule has 0 saturated heterocycles. The highest BCUT2D eigenvalue weighted by Crippen LogP contribution is 2.25. The third-order valence-corrected chi connectivity index (χ3v) is 5.31. The van der Waals surface area contributed by atoms with E-state index in [4.69, 9.17) is 14.2 Å². The summed E-state index contributed by atoms with van der Waals surface area (Å²) in [5.74, 6) is 0.965. The molecule has 0 N–H and O–H groups in total. The molecule has 1 heterocycles. The van der Waals surface area contributed by atoms with Crippen LogP contribution < -0.4 is 9.47 Å². The number of ether oxygens (including phenoxy) is 3. The molecule has 0 bridgehead atoms. The van der Waals surface area contributed by atoms with Crippen LogP contribution in [0.5, 0.6) is 11.5 Å². The van der Waals surface area contributed by atoms with Gasteiger partial charge < -0.3 is 18.8 Å². The smallest absolute Gasteiger partial charge is 0.350 e. The van der Waals surface area contributed by atoms with Crippen LogP contribution in [0.4, 0.5) is 0 Å². The summed E-state index contributed by atoms with van der Waals surface area (Å²) >= 11 is 0. The predicted octanol–water partition coefficient (Wildman–Crippen LogP) is 5.47. The molecule has 1 aromatic heterocycles. The van der Waals surface area contributed by atoms with E-state index in [1.54, 1.807) is 38.5 Å². The van der Waals surface area contributed by atoms with Gasteiger partial charge in [-0.25, -0.2) is 9.78 Å². The van der Waals surface area contributed by atoms with Crippen LogP contribution in [0.2, 0.25) is 0 Å². The molecule has 0 spiro atoms. The van der Waals surface area contributed by atoms with Crippen LogP contribution in [-0.2, 0) is 9.53 Å². The highest BCUT2D eigenvalue weighted by atomic mass is 16.6. The molecule has 0 amide bonds. The number of imidazole rings is 1. The van der Waals surface area contributed by atoms with E-state index < -0.39 is 5.60 Å². The fourth-order valence-electron chi connectivity index (χ4n) is 3.09. The standard InChI is InChI=1S/C26H30N2O4/c1-5-26(4,25(29)30-6-2)32-24-13-11-23(12-14-24)31-18-15-20(3)21-7-9-22(10-8-21)28-17-16-27-19-28/h7-17,19H,5-6,18H2,1-4H3. The van der Waals surface area contributed by atoms with Crippen molar-refractivity contribution in [1.29, 1.82) is 0 Å². The minimum absolute atomic E-state index is 0.326. The average Bonchev–Trinajstić information content (AvgIpc) is 3.35. The molecule has 0 saturated carbocycles. The zero-order chi connectivity index (χ0) is 23.0. The summed E-state index contributed by atoms with van der Waals surface area (Å²) in [7, 11) is 0. The SMILES string of the molecule is CCOC(=O)C(C)(CC)Oc1ccc(OCC=C(C)c2ccc(-n3ccnc3)cc2)cc1. The number of aromatic nitrogens is 2. The van der Waals surface area contributed by atoms with E-state index >= 15 is 0 Å². The summed E-state index contributed by atoms with van der Waals surface area (Å²) in [6.45, 7) is 8.26. The molecule has 0 radical (unpaired) electrons. The molecule has 0 aliphatic rings. The number of rotatable bonds is 10. The molecule has 168 valence electrons. The van der Waals surface area contributed by atoms with E-state index in [2.05, 4.69) is 36.2 Å². The van der Waals surface area contributed by atoms with Gasteiger partial charge in [-0.05, 0) is 80.8 Å². The van der Waals surface area contributed by atoms with Gasteiger partial charge >= 0.3 is 5.97 Å². The van der Waals surface area contributed by atoms with Crippen LogP contribution in [0.25, 0.3) is 11.3 Å². The van der Waals surface area contributed by atoms with Gasteiger partial charge in [0.2, 0.25) is 5.60 Å². The summed E-state index contributed by atoms with van der Waals surface area (Å²) in [6, 6.07) is 15.6. The molecular formula is C26H30N2O4. The van der Waals surface area contributed by atoms with Crippen molar-refractivity contribution in [3.05, 3.63) is 78.9 Å². The number of allylic oxidation sites excluding steroid dienone is 1. The van der Waals surface area contributed by atoms with Crippen molar-refractivity contribution in [2.24, 2.45) is 0 Å². The molecule has 1 unspecified atom stereocenters. The maximum absolute atomic E-state index is 12.2. The van der Waals surface area contributed by atoms with Gasteiger partial charge in [-0.15, -0.1) is 0 Å². The maximum atomic E-state index is 12.2. The summed E-state index contributed by atoms with van der Waals surface area (Å²) in [5.41, 5.74) is 2.33. The molecule has 0 aliphatic heterocycles. The molecule has 32 heavy (non-hydrogen) atoms. The van der Waals surface area contributed by atoms with Crippen LogP contribution in [0, 0.1) is 0 Å². The summed E-state index contributed by atoms with van der Waals surface area (Å²) < 4.78 is 18.9. The second-order valence-electron chi connectivity index (χ2n) is 7.59. The van der Waals surface area contributed by atoms with Gasteiger partial charge in [0, 0.05) is 18.1 Å². The van der Waals surface area contributed by atoms with E-state index in [-0.39, 0.29) is 5.97 Å². The number of carbonyl (C=O) groups excluding carboxylic acids is 1. The van der Waals surface area contributed by atoms with Crippen LogP contribution in [0.15, 0.2) is 73.3 Å². The first-order valence-corrected chi connectivity index (χ1v) is 10.8. The zero-order valence-corrected chi connectivity index (χ0v) is 19.1. The molecule has 3 rings (SSSR count). The number of hydrogen-bond donors (Lipinski definition) is 0. The van der Waals surface area contributed by atoms with Crippen LogP contribution in [0.3, 0.4) is 0 Å². The highest BCUT2D eigenvalue weighted by molar-refractivity contribution is 5.79. The largest absolute Gasteiger partial charge is 0.490 e. The number of hydrogen-bond acceptors (Lipinski definition) is 5. The quantitative estimate of drug-likeness (QED) is 0.396. The fraction of sp³-hybridized carbons (Fsp3) is 0.308. The van der Waals surface area contributed by atoms with Gasteiger partial charge in [0.1, 0.15) is 18.1 Å². The Balaban J connectivity index is 1.55. The minimum Gasteiger partial charge on any atom is -0.490 e. The predicted molar refractivity (Wildman–Crippen MR) is 125 cm³/mol. The molecule has 2 aromatic carbocycles. The van der Waals surface area contributed by atoms with Crippen LogP contribution >= 0.6 is 0 Å². The highest BCUT2D eigenvalue weighted by Gasteiger charge is 2.35. The third-order valence-electron chi connectivity index (χ3n) is 5.31. The number of benzene rings is 2. The normalized spacial score (nSPS) is 13.3.